The fourth-order valence-electron chi connectivity index (χ4n) is 4.18. The van der Waals surface area contributed by atoms with E-state index >= 15 is 0 Å². The summed E-state index contributed by atoms with van der Waals surface area (Å²) in [5.74, 6) is 2.46. The Balaban J connectivity index is 1.20. The molecule has 1 aliphatic heterocycles. The number of methoxy groups -OCH3 is 1. The van der Waals surface area contributed by atoms with Crippen molar-refractivity contribution in [3.63, 3.8) is 0 Å². The van der Waals surface area contributed by atoms with Crippen LogP contribution in [0.15, 0.2) is 83.3 Å². The van der Waals surface area contributed by atoms with Crippen LogP contribution in [-0.4, -0.2) is 38.3 Å². The van der Waals surface area contributed by atoms with Crippen molar-refractivity contribution in [3.8, 4) is 28.7 Å². The normalized spacial score (nSPS) is 13.4. The van der Waals surface area contributed by atoms with Gasteiger partial charge < -0.3 is 23.7 Å². The van der Waals surface area contributed by atoms with Gasteiger partial charge in [0.05, 0.1) is 7.11 Å². The van der Waals surface area contributed by atoms with E-state index in [9.17, 15) is 5.26 Å². The van der Waals surface area contributed by atoms with Crippen LogP contribution in [-0.2, 0) is 6.61 Å². The minimum Gasteiger partial charge on any atom is -0.497 e. The van der Waals surface area contributed by atoms with Gasteiger partial charge in [0, 0.05) is 31.9 Å². The number of hydrogen-bond donors (Lipinski definition) is 0. The first-order chi connectivity index (χ1) is 17.2. The van der Waals surface area contributed by atoms with Gasteiger partial charge in [0.25, 0.3) is 0 Å². The van der Waals surface area contributed by atoms with Crippen LogP contribution in [0.1, 0.15) is 11.6 Å². The number of nitriles is 1. The number of hydrogen-bond acceptors (Lipinski definition) is 7. The summed E-state index contributed by atoms with van der Waals surface area (Å²) < 4.78 is 17.1. The number of benzene rings is 3. The van der Waals surface area contributed by atoms with E-state index in [1.807, 2.05) is 54.6 Å². The number of piperazine rings is 1. The molecule has 1 saturated heterocycles. The van der Waals surface area contributed by atoms with Crippen LogP contribution in [0.3, 0.4) is 0 Å². The third kappa shape index (κ3) is 5.07. The standard InChI is InChI=1S/C28H26N4O3/c1-33-24-13-9-23(10-14-24)31-15-17-32(18-16-31)28-26(19-29)30-27(35-28)20-34-25-11-7-22(8-12-25)21-5-3-2-4-6-21/h2-14H,15-18,20H2,1H3. The maximum absolute atomic E-state index is 9.60. The lowest BCUT2D eigenvalue weighted by Gasteiger charge is -2.35. The molecule has 0 unspecified atom stereocenters. The fraction of sp³-hybridized carbons (Fsp3) is 0.214. The number of rotatable bonds is 7. The number of nitrogens with zero attached hydrogens (tertiary/aromatic N) is 4. The van der Waals surface area contributed by atoms with Gasteiger partial charge in [-0.15, -0.1) is 0 Å². The van der Waals surface area contributed by atoms with Gasteiger partial charge in [-0.25, -0.2) is 0 Å². The van der Waals surface area contributed by atoms with Crippen molar-refractivity contribution in [2.75, 3.05) is 43.1 Å². The fourth-order valence-corrected chi connectivity index (χ4v) is 4.18. The van der Waals surface area contributed by atoms with Crippen molar-refractivity contribution < 1.29 is 13.9 Å². The molecule has 1 fully saturated rings. The molecule has 4 aromatic rings. The van der Waals surface area contributed by atoms with Gasteiger partial charge in [-0.05, 0) is 47.5 Å². The van der Waals surface area contributed by atoms with Crippen LogP contribution in [0, 0.1) is 11.3 Å². The summed E-state index contributed by atoms with van der Waals surface area (Å²) in [6.07, 6.45) is 0. The predicted octanol–water partition coefficient (Wildman–Crippen LogP) is 5.13. The van der Waals surface area contributed by atoms with Crippen LogP contribution < -0.4 is 19.3 Å². The van der Waals surface area contributed by atoms with Crippen molar-refractivity contribution >= 4 is 11.6 Å². The highest BCUT2D eigenvalue weighted by Crippen LogP contribution is 2.27. The summed E-state index contributed by atoms with van der Waals surface area (Å²) in [5.41, 5.74) is 3.72. The lowest BCUT2D eigenvalue weighted by Crippen LogP contribution is -2.46. The highest BCUT2D eigenvalue weighted by molar-refractivity contribution is 5.64. The lowest BCUT2D eigenvalue weighted by molar-refractivity contribution is 0.263. The molecule has 0 spiro atoms. The van der Waals surface area contributed by atoms with Crippen LogP contribution >= 0.6 is 0 Å². The number of oxazole rings is 1. The van der Waals surface area contributed by atoms with Gasteiger partial charge >= 0.3 is 0 Å². The van der Waals surface area contributed by atoms with Crippen molar-refractivity contribution in [2.24, 2.45) is 0 Å². The van der Waals surface area contributed by atoms with Crippen molar-refractivity contribution in [1.29, 1.82) is 5.26 Å². The summed E-state index contributed by atoms with van der Waals surface area (Å²) in [6.45, 7) is 3.26. The smallest absolute Gasteiger partial charge is 0.236 e. The lowest BCUT2D eigenvalue weighted by atomic mass is 10.1. The van der Waals surface area contributed by atoms with Gasteiger partial charge in [-0.1, -0.05) is 42.5 Å². The predicted molar refractivity (Wildman–Crippen MR) is 135 cm³/mol. The third-order valence-electron chi connectivity index (χ3n) is 6.09. The zero-order valence-electron chi connectivity index (χ0n) is 19.6. The number of anilines is 2. The number of ether oxygens (including phenoxy) is 2. The third-order valence-corrected chi connectivity index (χ3v) is 6.09. The molecule has 1 aliphatic rings. The van der Waals surface area contributed by atoms with Crippen molar-refractivity contribution in [2.45, 2.75) is 6.61 Å². The Hall–Kier alpha value is -4.44. The zero-order chi connectivity index (χ0) is 24.0. The summed E-state index contributed by atoms with van der Waals surface area (Å²) in [4.78, 5) is 8.74. The first kappa shape index (κ1) is 22.4. The molecule has 0 aliphatic carbocycles. The molecule has 2 heterocycles. The van der Waals surface area contributed by atoms with E-state index in [2.05, 4.69) is 45.1 Å². The van der Waals surface area contributed by atoms with Crippen LogP contribution in [0.4, 0.5) is 11.6 Å². The molecule has 176 valence electrons. The molecule has 0 amide bonds. The monoisotopic (exact) mass is 466 g/mol. The van der Waals surface area contributed by atoms with E-state index in [0.29, 0.717) is 17.5 Å². The Kier molecular flexibility index (Phi) is 6.53. The van der Waals surface area contributed by atoms with E-state index in [1.54, 1.807) is 7.11 Å². The summed E-state index contributed by atoms with van der Waals surface area (Å²) in [5, 5.41) is 9.60. The van der Waals surface area contributed by atoms with Crippen LogP contribution in [0.5, 0.6) is 11.5 Å². The van der Waals surface area contributed by atoms with E-state index in [-0.39, 0.29) is 6.61 Å². The largest absolute Gasteiger partial charge is 0.497 e. The molecule has 1 aromatic heterocycles. The number of aromatic nitrogens is 1. The van der Waals surface area contributed by atoms with E-state index < -0.39 is 0 Å². The maximum atomic E-state index is 9.60. The Morgan fingerprint density at radius 3 is 2.11 bits per heavy atom. The van der Waals surface area contributed by atoms with Gasteiger partial charge in [0.2, 0.25) is 17.5 Å². The second-order valence-corrected chi connectivity index (χ2v) is 8.22. The first-order valence-corrected chi connectivity index (χ1v) is 11.6. The molecule has 0 radical (unpaired) electrons. The molecule has 7 heteroatoms. The van der Waals surface area contributed by atoms with Crippen molar-refractivity contribution in [3.05, 3.63) is 90.4 Å². The van der Waals surface area contributed by atoms with E-state index in [0.717, 1.165) is 54.5 Å². The molecule has 7 nitrogen and oxygen atoms in total. The molecule has 0 saturated carbocycles. The molecule has 5 rings (SSSR count). The average molecular weight is 467 g/mol. The Morgan fingerprint density at radius 1 is 0.829 bits per heavy atom. The van der Waals surface area contributed by atoms with Gasteiger partial charge in [0.15, 0.2) is 6.61 Å². The van der Waals surface area contributed by atoms with Gasteiger partial charge in [0.1, 0.15) is 17.6 Å². The molecular formula is C28H26N4O3. The maximum Gasteiger partial charge on any atom is 0.236 e. The first-order valence-electron chi connectivity index (χ1n) is 11.6. The van der Waals surface area contributed by atoms with E-state index in [4.69, 9.17) is 13.9 Å². The highest BCUT2D eigenvalue weighted by Gasteiger charge is 2.24. The molecule has 0 N–H and O–H groups in total. The summed E-state index contributed by atoms with van der Waals surface area (Å²) in [6, 6.07) is 28.3. The van der Waals surface area contributed by atoms with E-state index in [1.165, 1.54) is 0 Å². The molecule has 0 atom stereocenters. The Morgan fingerprint density at radius 2 is 1.46 bits per heavy atom. The highest BCUT2D eigenvalue weighted by atomic mass is 16.5. The molecule has 0 bridgehead atoms. The second-order valence-electron chi connectivity index (χ2n) is 8.22. The minimum absolute atomic E-state index is 0.158. The summed E-state index contributed by atoms with van der Waals surface area (Å²) >= 11 is 0. The molecule has 35 heavy (non-hydrogen) atoms. The SMILES string of the molecule is COc1ccc(N2CCN(c3oc(COc4ccc(-c5ccccc5)cc4)nc3C#N)CC2)cc1. The Labute approximate surface area is 204 Å². The van der Waals surface area contributed by atoms with Gasteiger partial charge in [-0.2, -0.15) is 10.2 Å². The zero-order valence-corrected chi connectivity index (χ0v) is 19.6. The average Bonchev–Trinajstić information content (AvgIpc) is 3.36. The van der Waals surface area contributed by atoms with Crippen molar-refractivity contribution in [1.82, 2.24) is 4.98 Å². The topological polar surface area (TPSA) is 74.8 Å². The molecular weight excluding hydrogens is 440 g/mol. The van der Waals surface area contributed by atoms with Crippen LogP contribution in [0.2, 0.25) is 0 Å². The minimum atomic E-state index is 0.158. The summed E-state index contributed by atoms with van der Waals surface area (Å²) in [7, 11) is 1.67. The Bertz CT molecular complexity index is 1290. The molecule has 3 aromatic carbocycles. The van der Waals surface area contributed by atoms with Crippen LogP contribution in [0.25, 0.3) is 11.1 Å². The van der Waals surface area contributed by atoms with Gasteiger partial charge in [-0.3, -0.25) is 0 Å². The second kappa shape index (κ2) is 10.2. The quantitative estimate of drug-likeness (QED) is 0.374.